The van der Waals surface area contributed by atoms with Gasteiger partial charge in [-0.25, -0.2) is 4.98 Å². The Morgan fingerprint density at radius 2 is 2.04 bits per heavy atom. The normalized spacial score (nSPS) is 16.8. The van der Waals surface area contributed by atoms with E-state index < -0.39 is 0 Å². The fourth-order valence-electron chi connectivity index (χ4n) is 3.18. The minimum Gasteiger partial charge on any atom is -0.340 e. The van der Waals surface area contributed by atoms with Crippen LogP contribution in [-0.4, -0.2) is 33.6 Å². The van der Waals surface area contributed by atoms with Crippen molar-refractivity contribution in [3.63, 3.8) is 0 Å². The lowest BCUT2D eigenvalue weighted by Crippen LogP contribution is -2.32. The fraction of sp³-hybridized carbons (Fsp3) is 0.263. The number of nitrogens with one attached hydrogen (secondary N) is 1. The van der Waals surface area contributed by atoms with Crippen LogP contribution in [0.15, 0.2) is 48.5 Å². The minimum atomic E-state index is -0.107. The summed E-state index contributed by atoms with van der Waals surface area (Å²) < 4.78 is 0. The number of amides is 1. The summed E-state index contributed by atoms with van der Waals surface area (Å²) in [6, 6.07) is 16.2. The number of aromatic amines is 1. The zero-order chi connectivity index (χ0) is 16.5. The summed E-state index contributed by atoms with van der Waals surface area (Å²) in [5.41, 5.74) is 4.40. The van der Waals surface area contributed by atoms with Gasteiger partial charge in [-0.2, -0.15) is 0 Å². The summed E-state index contributed by atoms with van der Waals surface area (Å²) in [7, 11) is 1.85. The van der Waals surface area contributed by atoms with Gasteiger partial charge in [0.15, 0.2) is 0 Å². The number of thioether (sulfide) groups is 1. The number of imidazole rings is 1. The number of benzene rings is 2. The quantitative estimate of drug-likeness (QED) is 0.795. The van der Waals surface area contributed by atoms with Gasteiger partial charge in [0.25, 0.3) is 0 Å². The highest BCUT2D eigenvalue weighted by Crippen LogP contribution is 2.37. The number of para-hydroxylation sites is 2. The smallest absolute Gasteiger partial charge is 0.240 e. The summed E-state index contributed by atoms with van der Waals surface area (Å²) in [4.78, 5) is 22.6. The molecule has 1 aliphatic rings. The molecule has 122 valence electrons. The molecule has 4 rings (SSSR count). The van der Waals surface area contributed by atoms with Gasteiger partial charge >= 0.3 is 0 Å². The van der Waals surface area contributed by atoms with Gasteiger partial charge in [-0.05, 0) is 35.4 Å². The predicted molar refractivity (Wildman–Crippen MR) is 97.9 cm³/mol. The second kappa shape index (κ2) is 6.32. The molecule has 1 N–H and O–H groups in total. The van der Waals surface area contributed by atoms with Crippen LogP contribution in [0.3, 0.4) is 0 Å². The molecule has 0 fully saturated rings. The number of likely N-dealkylation sites (N-methyl/N-ethyl adjacent to an activating group) is 1. The first-order chi connectivity index (χ1) is 11.7. The number of fused-ring (bicyclic) bond motifs is 2. The molecule has 1 unspecified atom stereocenters. The molecule has 1 aliphatic heterocycles. The van der Waals surface area contributed by atoms with Crippen molar-refractivity contribution in [3.05, 3.63) is 65.5 Å². The van der Waals surface area contributed by atoms with Crippen molar-refractivity contribution in [1.82, 2.24) is 14.9 Å². The fourth-order valence-corrected chi connectivity index (χ4v) is 4.49. The van der Waals surface area contributed by atoms with Crippen LogP contribution >= 0.6 is 11.8 Å². The third-order valence-corrected chi connectivity index (χ3v) is 5.65. The average Bonchev–Trinajstić information content (AvgIpc) is 3.02. The van der Waals surface area contributed by atoms with Crippen molar-refractivity contribution in [2.45, 2.75) is 18.2 Å². The predicted octanol–water partition coefficient (Wildman–Crippen LogP) is 3.55. The van der Waals surface area contributed by atoms with Crippen molar-refractivity contribution < 1.29 is 4.79 Å². The Hall–Kier alpha value is -2.27. The Morgan fingerprint density at radius 3 is 2.92 bits per heavy atom. The third-order valence-electron chi connectivity index (χ3n) is 4.42. The molecule has 0 aliphatic carbocycles. The number of hydrogen-bond acceptors (Lipinski definition) is 3. The van der Waals surface area contributed by atoms with Crippen molar-refractivity contribution >= 4 is 28.7 Å². The van der Waals surface area contributed by atoms with E-state index in [-0.39, 0.29) is 11.2 Å². The van der Waals surface area contributed by atoms with Crippen LogP contribution in [0.25, 0.3) is 11.0 Å². The Kier molecular flexibility index (Phi) is 4.02. The number of hydrogen-bond donors (Lipinski definition) is 1. The lowest BCUT2D eigenvalue weighted by Gasteiger charge is -2.28. The molecule has 2 aromatic carbocycles. The molecule has 0 saturated heterocycles. The van der Waals surface area contributed by atoms with Gasteiger partial charge in [0.2, 0.25) is 5.91 Å². The first kappa shape index (κ1) is 15.3. The second-order valence-corrected chi connectivity index (χ2v) is 7.31. The van der Waals surface area contributed by atoms with E-state index in [2.05, 4.69) is 28.2 Å². The Labute approximate surface area is 145 Å². The van der Waals surface area contributed by atoms with Crippen LogP contribution in [-0.2, 0) is 17.8 Å². The third kappa shape index (κ3) is 2.80. The maximum Gasteiger partial charge on any atom is 0.240 e. The maximum absolute atomic E-state index is 12.9. The van der Waals surface area contributed by atoms with Crippen molar-refractivity contribution in [2.75, 3.05) is 12.8 Å². The first-order valence-corrected chi connectivity index (χ1v) is 9.15. The van der Waals surface area contributed by atoms with E-state index >= 15 is 0 Å². The molecule has 24 heavy (non-hydrogen) atoms. The van der Waals surface area contributed by atoms with E-state index in [4.69, 9.17) is 0 Å². The Balaban J connectivity index is 1.54. The summed E-state index contributed by atoms with van der Waals surface area (Å²) in [6.07, 6.45) is 1.04. The van der Waals surface area contributed by atoms with E-state index in [0.29, 0.717) is 6.54 Å². The number of H-pyrrole nitrogens is 1. The topological polar surface area (TPSA) is 49.0 Å². The molecule has 2 heterocycles. The lowest BCUT2D eigenvalue weighted by atomic mass is 10.0. The summed E-state index contributed by atoms with van der Waals surface area (Å²) in [5.74, 6) is 1.96. The Bertz CT molecular complexity index is 856. The molecule has 5 heteroatoms. The van der Waals surface area contributed by atoms with Crippen molar-refractivity contribution in [3.8, 4) is 0 Å². The number of aromatic nitrogens is 2. The zero-order valence-corrected chi connectivity index (χ0v) is 14.3. The molecule has 0 bridgehead atoms. The van der Waals surface area contributed by atoms with E-state index in [1.54, 1.807) is 16.7 Å². The van der Waals surface area contributed by atoms with Gasteiger partial charge in [-0.15, -0.1) is 11.8 Å². The largest absolute Gasteiger partial charge is 0.340 e. The van der Waals surface area contributed by atoms with Gasteiger partial charge in [0.1, 0.15) is 11.1 Å². The molecule has 1 aromatic heterocycles. The van der Waals surface area contributed by atoms with E-state index in [9.17, 15) is 4.79 Å². The van der Waals surface area contributed by atoms with E-state index in [1.165, 1.54) is 5.56 Å². The molecule has 3 aromatic rings. The van der Waals surface area contributed by atoms with Crippen LogP contribution in [0.4, 0.5) is 0 Å². The molecule has 0 saturated carbocycles. The molecule has 1 amide bonds. The van der Waals surface area contributed by atoms with Crippen molar-refractivity contribution in [2.24, 2.45) is 0 Å². The van der Waals surface area contributed by atoms with E-state index in [0.717, 1.165) is 34.6 Å². The summed E-state index contributed by atoms with van der Waals surface area (Å²) in [6.45, 7) is 0.493. The van der Waals surface area contributed by atoms with Crippen molar-refractivity contribution in [1.29, 1.82) is 0 Å². The highest BCUT2D eigenvalue weighted by Gasteiger charge is 2.29. The van der Waals surface area contributed by atoms with Gasteiger partial charge in [-0.3, -0.25) is 4.79 Å². The highest BCUT2D eigenvalue weighted by atomic mass is 32.2. The first-order valence-electron chi connectivity index (χ1n) is 8.10. The number of carbonyl (C=O) groups is 1. The molecule has 0 radical (unpaired) electrons. The van der Waals surface area contributed by atoms with Crippen LogP contribution in [0.5, 0.6) is 0 Å². The second-order valence-electron chi connectivity index (χ2n) is 6.09. The number of rotatable bonds is 3. The molecular formula is C19H19N3OS. The van der Waals surface area contributed by atoms with Gasteiger partial charge < -0.3 is 9.88 Å². The molecule has 4 nitrogen and oxygen atoms in total. The number of carbonyl (C=O) groups excluding carboxylic acids is 1. The lowest BCUT2D eigenvalue weighted by molar-refractivity contribution is -0.130. The Morgan fingerprint density at radius 1 is 1.25 bits per heavy atom. The summed E-state index contributed by atoms with van der Waals surface area (Å²) in [5, 5.41) is -0.107. The van der Waals surface area contributed by atoms with Crippen LogP contribution in [0.2, 0.25) is 0 Å². The van der Waals surface area contributed by atoms with Crippen LogP contribution in [0.1, 0.15) is 22.2 Å². The average molecular weight is 337 g/mol. The van der Waals surface area contributed by atoms with Gasteiger partial charge in [0.05, 0.1) is 17.6 Å². The molecule has 1 atom stereocenters. The highest BCUT2D eigenvalue weighted by molar-refractivity contribution is 8.00. The molecular weight excluding hydrogens is 318 g/mol. The SMILES string of the molecule is CN(Cc1nc2ccccc2[nH]1)C(=O)C1SCCc2ccccc21. The zero-order valence-electron chi connectivity index (χ0n) is 13.5. The standard InChI is InChI=1S/C19H19N3OS/c1-22(12-17-20-15-8-4-5-9-16(15)21-17)19(23)18-14-7-3-2-6-13(14)10-11-24-18/h2-9,18H,10-12H2,1H3,(H,20,21). The monoisotopic (exact) mass is 337 g/mol. The minimum absolute atomic E-state index is 0.107. The van der Waals surface area contributed by atoms with Crippen LogP contribution < -0.4 is 0 Å². The summed E-state index contributed by atoms with van der Waals surface area (Å²) >= 11 is 1.74. The van der Waals surface area contributed by atoms with E-state index in [1.807, 2.05) is 37.4 Å². The van der Waals surface area contributed by atoms with Crippen LogP contribution in [0, 0.1) is 0 Å². The van der Waals surface area contributed by atoms with Gasteiger partial charge in [0, 0.05) is 7.05 Å². The maximum atomic E-state index is 12.9. The molecule has 0 spiro atoms. The number of nitrogens with zero attached hydrogens (tertiary/aromatic N) is 2. The van der Waals surface area contributed by atoms with Gasteiger partial charge in [-0.1, -0.05) is 36.4 Å². The number of aryl methyl sites for hydroxylation is 1.